The smallest absolute Gasteiger partial charge is 0.410 e. The number of hydrogen-bond donors (Lipinski definition) is 0. The van der Waals surface area contributed by atoms with Crippen LogP contribution in [0.2, 0.25) is 5.02 Å². The van der Waals surface area contributed by atoms with Crippen molar-refractivity contribution in [2.45, 2.75) is 51.0 Å². The van der Waals surface area contributed by atoms with Gasteiger partial charge in [0.25, 0.3) is 0 Å². The number of ether oxygens (including phenoxy) is 1. The van der Waals surface area contributed by atoms with Crippen LogP contribution in [0, 0.1) is 6.57 Å². The van der Waals surface area contributed by atoms with Crippen LogP contribution >= 0.6 is 11.6 Å². The van der Waals surface area contributed by atoms with Crippen molar-refractivity contribution in [3.05, 3.63) is 46.3 Å². The molecule has 0 saturated carbocycles. The Balaban J connectivity index is 2.11. The number of halogens is 1. The second-order valence-corrected chi connectivity index (χ2v) is 7.82. The second-order valence-electron chi connectivity index (χ2n) is 7.39. The van der Waals surface area contributed by atoms with E-state index in [9.17, 15) is 4.79 Å². The monoisotopic (exact) mass is 348 g/mol. The molecule has 24 heavy (non-hydrogen) atoms. The van der Waals surface area contributed by atoms with Crippen molar-refractivity contribution in [3.8, 4) is 0 Å². The molecule has 0 aliphatic carbocycles. The summed E-state index contributed by atoms with van der Waals surface area (Å²) in [6, 6.07) is 7.90. The standard InChI is InChI=1S/C19H25ClN2O2/c1-18(2,3)24-17(23)22-13-10-19(11-14-22,9-12-21-4)15-5-7-16(20)8-6-15/h5-8H,9-14H2,1-3H3. The minimum atomic E-state index is -0.480. The average molecular weight is 349 g/mol. The molecule has 5 heteroatoms. The lowest BCUT2D eigenvalue weighted by Crippen LogP contribution is -2.47. The quantitative estimate of drug-likeness (QED) is 0.726. The van der Waals surface area contributed by atoms with Gasteiger partial charge in [-0.3, -0.25) is 0 Å². The number of piperidine rings is 1. The third-order valence-electron chi connectivity index (χ3n) is 4.53. The molecule has 2 rings (SSSR count). The number of hydrogen-bond acceptors (Lipinski definition) is 2. The first-order valence-corrected chi connectivity index (χ1v) is 8.71. The van der Waals surface area contributed by atoms with Gasteiger partial charge in [0.05, 0.1) is 0 Å². The molecule has 1 aromatic carbocycles. The molecule has 0 radical (unpaired) electrons. The molecule has 0 aromatic heterocycles. The van der Waals surface area contributed by atoms with Crippen molar-refractivity contribution in [3.63, 3.8) is 0 Å². The van der Waals surface area contributed by atoms with Crippen molar-refractivity contribution >= 4 is 17.7 Å². The molecular formula is C19H25ClN2O2. The van der Waals surface area contributed by atoms with Gasteiger partial charge in [-0.05, 0) is 51.3 Å². The van der Waals surface area contributed by atoms with E-state index in [4.69, 9.17) is 22.9 Å². The van der Waals surface area contributed by atoms with E-state index in [0.29, 0.717) is 24.7 Å². The summed E-state index contributed by atoms with van der Waals surface area (Å²) in [6.45, 7) is 14.6. The van der Waals surface area contributed by atoms with E-state index in [1.807, 2.05) is 32.9 Å². The number of nitrogens with zero attached hydrogens (tertiary/aromatic N) is 2. The van der Waals surface area contributed by atoms with Crippen LogP contribution in [0.25, 0.3) is 4.85 Å². The Morgan fingerprint density at radius 1 is 1.29 bits per heavy atom. The fourth-order valence-corrected chi connectivity index (χ4v) is 3.33. The summed E-state index contributed by atoms with van der Waals surface area (Å²) in [6.07, 6.45) is 2.23. The van der Waals surface area contributed by atoms with Crippen molar-refractivity contribution < 1.29 is 9.53 Å². The predicted octanol–water partition coefficient (Wildman–Crippen LogP) is 4.92. The molecule has 1 heterocycles. The summed E-state index contributed by atoms with van der Waals surface area (Å²) in [7, 11) is 0. The maximum atomic E-state index is 12.3. The van der Waals surface area contributed by atoms with Gasteiger partial charge < -0.3 is 14.5 Å². The zero-order chi connectivity index (χ0) is 17.8. The third kappa shape index (κ3) is 4.64. The van der Waals surface area contributed by atoms with Gasteiger partial charge >= 0.3 is 6.09 Å². The van der Waals surface area contributed by atoms with Crippen molar-refractivity contribution in [1.82, 2.24) is 4.90 Å². The maximum Gasteiger partial charge on any atom is 0.410 e. The van der Waals surface area contributed by atoms with Crippen molar-refractivity contribution in [1.29, 1.82) is 0 Å². The third-order valence-corrected chi connectivity index (χ3v) is 4.78. The van der Waals surface area contributed by atoms with E-state index in [1.54, 1.807) is 4.90 Å². The first kappa shape index (κ1) is 18.6. The number of carbonyl (C=O) groups is 1. The van der Waals surface area contributed by atoms with Gasteiger partial charge in [0.1, 0.15) is 5.60 Å². The number of benzene rings is 1. The molecule has 0 atom stereocenters. The highest BCUT2D eigenvalue weighted by Gasteiger charge is 2.38. The molecule has 1 fully saturated rings. The minimum absolute atomic E-state index is 0.0619. The van der Waals surface area contributed by atoms with Crippen LogP contribution < -0.4 is 0 Å². The molecule has 1 aromatic rings. The van der Waals surface area contributed by atoms with E-state index in [1.165, 1.54) is 5.56 Å². The minimum Gasteiger partial charge on any atom is -0.444 e. The number of rotatable bonds is 3. The van der Waals surface area contributed by atoms with Gasteiger partial charge in [0.15, 0.2) is 0 Å². The van der Waals surface area contributed by atoms with Gasteiger partial charge in [-0.15, -0.1) is 0 Å². The van der Waals surface area contributed by atoms with E-state index in [-0.39, 0.29) is 11.5 Å². The molecule has 0 spiro atoms. The Kier molecular flexibility index (Phi) is 5.77. The van der Waals surface area contributed by atoms with Crippen LogP contribution in [-0.4, -0.2) is 36.2 Å². The Morgan fingerprint density at radius 2 is 1.88 bits per heavy atom. The van der Waals surface area contributed by atoms with Crippen LogP contribution in [-0.2, 0) is 10.2 Å². The lowest BCUT2D eigenvalue weighted by Gasteiger charge is -2.41. The predicted molar refractivity (Wildman–Crippen MR) is 96.3 cm³/mol. The van der Waals surface area contributed by atoms with Crippen LogP contribution in [0.4, 0.5) is 4.79 Å². The summed E-state index contributed by atoms with van der Waals surface area (Å²) in [5.74, 6) is 0. The Bertz CT molecular complexity index is 606. The fraction of sp³-hybridized carbons (Fsp3) is 0.579. The first-order chi connectivity index (χ1) is 11.3. The zero-order valence-electron chi connectivity index (χ0n) is 14.6. The van der Waals surface area contributed by atoms with Gasteiger partial charge in [-0.2, -0.15) is 0 Å². The summed E-state index contributed by atoms with van der Waals surface area (Å²) < 4.78 is 5.47. The van der Waals surface area contributed by atoms with Crippen LogP contribution in [0.5, 0.6) is 0 Å². The number of likely N-dealkylation sites (tertiary alicyclic amines) is 1. The van der Waals surface area contributed by atoms with Gasteiger partial charge in [0, 0.05) is 29.9 Å². The molecule has 1 aliphatic heterocycles. The van der Waals surface area contributed by atoms with Crippen LogP contribution in [0.15, 0.2) is 24.3 Å². The summed E-state index contributed by atoms with van der Waals surface area (Å²) in [5.41, 5.74) is 0.666. The van der Waals surface area contributed by atoms with Gasteiger partial charge in [-0.25, -0.2) is 11.4 Å². The second kappa shape index (κ2) is 7.44. The molecule has 1 saturated heterocycles. The summed E-state index contributed by atoms with van der Waals surface area (Å²) in [4.78, 5) is 17.6. The summed E-state index contributed by atoms with van der Waals surface area (Å²) >= 11 is 6.01. The molecule has 130 valence electrons. The fourth-order valence-electron chi connectivity index (χ4n) is 3.20. The normalized spacial score (nSPS) is 17.2. The van der Waals surface area contributed by atoms with Gasteiger partial charge in [0.2, 0.25) is 6.54 Å². The SMILES string of the molecule is [C-]#[N+]CCC1(c2ccc(Cl)cc2)CCN(C(=O)OC(C)(C)C)CC1. The zero-order valence-corrected chi connectivity index (χ0v) is 15.4. The molecule has 1 amide bonds. The van der Waals surface area contributed by atoms with E-state index in [2.05, 4.69) is 17.0 Å². The highest BCUT2D eigenvalue weighted by atomic mass is 35.5. The van der Waals surface area contributed by atoms with E-state index >= 15 is 0 Å². The van der Waals surface area contributed by atoms with Crippen LogP contribution in [0.3, 0.4) is 0 Å². The molecule has 0 bridgehead atoms. The lowest BCUT2D eigenvalue weighted by atomic mass is 9.70. The molecule has 4 nitrogen and oxygen atoms in total. The average Bonchev–Trinajstić information content (AvgIpc) is 2.52. The molecular weight excluding hydrogens is 324 g/mol. The van der Waals surface area contributed by atoms with E-state index < -0.39 is 5.60 Å². The van der Waals surface area contributed by atoms with Gasteiger partial charge in [-0.1, -0.05) is 23.7 Å². The van der Waals surface area contributed by atoms with Crippen molar-refractivity contribution in [2.75, 3.05) is 19.6 Å². The topological polar surface area (TPSA) is 33.9 Å². The first-order valence-electron chi connectivity index (χ1n) is 8.33. The largest absolute Gasteiger partial charge is 0.444 e. The molecule has 0 unspecified atom stereocenters. The summed E-state index contributed by atoms with van der Waals surface area (Å²) in [5, 5.41) is 0.713. The number of carbonyl (C=O) groups excluding carboxylic acids is 1. The molecule has 1 aliphatic rings. The lowest BCUT2D eigenvalue weighted by molar-refractivity contribution is 0.0161. The Hall–Kier alpha value is -1.73. The van der Waals surface area contributed by atoms with Crippen molar-refractivity contribution in [2.24, 2.45) is 0 Å². The van der Waals surface area contributed by atoms with E-state index in [0.717, 1.165) is 19.3 Å². The Morgan fingerprint density at radius 3 is 2.38 bits per heavy atom. The van der Waals surface area contributed by atoms with Crippen LogP contribution in [0.1, 0.15) is 45.6 Å². The Labute approximate surface area is 149 Å². The maximum absolute atomic E-state index is 12.3. The number of amides is 1. The highest BCUT2D eigenvalue weighted by molar-refractivity contribution is 6.30. The molecule has 0 N–H and O–H groups in total. The highest BCUT2D eigenvalue weighted by Crippen LogP contribution is 2.39.